The molecule has 3 aromatic carbocycles. The van der Waals surface area contributed by atoms with Gasteiger partial charge < -0.3 is 0 Å². The van der Waals surface area contributed by atoms with Crippen LogP contribution in [0.25, 0.3) is 0 Å². The minimum atomic E-state index is -3.93. The molecule has 31 heavy (non-hydrogen) atoms. The van der Waals surface area contributed by atoms with Crippen molar-refractivity contribution in [1.29, 1.82) is 5.26 Å². The van der Waals surface area contributed by atoms with Crippen molar-refractivity contribution in [3.63, 3.8) is 0 Å². The van der Waals surface area contributed by atoms with Crippen LogP contribution in [0.1, 0.15) is 29.5 Å². The molecule has 0 radical (unpaired) electrons. The highest BCUT2D eigenvalue weighted by Crippen LogP contribution is 2.29. The lowest BCUT2D eigenvalue weighted by Crippen LogP contribution is -2.38. The summed E-state index contributed by atoms with van der Waals surface area (Å²) in [6.07, 6.45) is 0.541. The molecule has 0 fully saturated rings. The Hall–Kier alpha value is -2.07. The smallest absolute Gasteiger partial charge is 0.208 e. The van der Waals surface area contributed by atoms with E-state index in [2.05, 4.69) is 10.8 Å². The molecule has 0 saturated heterocycles. The van der Waals surface area contributed by atoms with Gasteiger partial charge in [-0.25, -0.2) is 13.1 Å². The summed E-state index contributed by atoms with van der Waals surface area (Å²) in [7, 11) is -3.93. The van der Waals surface area contributed by atoms with Crippen LogP contribution in [0.3, 0.4) is 0 Å². The number of benzene rings is 3. The molecule has 0 amide bonds. The zero-order chi connectivity index (χ0) is 22.6. The third kappa shape index (κ3) is 6.00. The predicted octanol–water partition coefficient (Wildman–Crippen LogP) is 6.21. The van der Waals surface area contributed by atoms with E-state index in [1.54, 1.807) is 37.3 Å². The molecule has 4 nitrogen and oxygen atoms in total. The first-order valence-electron chi connectivity index (χ1n) is 9.41. The number of nitriles is 1. The van der Waals surface area contributed by atoms with Crippen LogP contribution in [-0.4, -0.2) is 14.5 Å². The van der Waals surface area contributed by atoms with Crippen molar-refractivity contribution < 1.29 is 8.42 Å². The summed E-state index contributed by atoms with van der Waals surface area (Å²) in [4.78, 5) is -0.0791. The maximum Gasteiger partial charge on any atom is 0.242 e. The van der Waals surface area contributed by atoms with Crippen molar-refractivity contribution >= 4 is 44.8 Å². The second kappa shape index (κ2) is 10.0. The minimum Gasteiger partial charge on any atom is -0.208 e. The first kappa shape index (κ1) is 23.6. The molecule has 160 valence electrons. The Morgan fingerprint density at radius 3 is 2.32 bits per heavy atom. The molecular formula is C23H19Cl3N2O2S. The number of rotatable bonds is 7. The highest BCUT2D eigenvalue weighted by molar-refractivity contribution is 7.89. The largest absolute Gasteiger partial charge is 0.242 e. The summed E-state index contributed by atoms with van der Waals surface area (Å²) >= 11 is 18.1. The van der Waals surface area contributed by atoms with Crippen molar-refractivity contribution in [3.8, 4) is 6.07 Å². The van der Waals surface area contributed by atoms with Crippen LogP contribution in [0.15, 0.2) is 71.6 Å². The molecular weight excluding hydrogens is 475 g/mol. The van der Waals surface area contributed by atoms with Gasteiger partial charge in [0.05, 0.1) is 16.7 Å². The SMILES string of the molecule is C[C@H](NS(=O)(=O)c1cc(Cl)ccc1Cl)[C@@H](Cc1ccc(Cl)cc1)c1cccc(C#N)c1. The average molecular weight is 494 g/mol. The number of hydrogen-bond donors (Lipinski definition) is 1. The second-order valence-corrected chi connectivity index (χ2v) is 10.1. The van der Waals surface area contributed by atoms with E-state index in [0.29, 0.717) is 17.0 Å². The van der Waals surface area contributed by atoms with Crippen LogP contribution < -0.4 is 4.72 Å². The summed E-state index contributed by atoms with van der Waals surface area (Å²) in [6.45, 7) is 1.79. The van der Waals surface area contributed by atoms with E-state index in [4.69, 9.17) is 34.8 Å². The van der Waals surface area contributed by atoms with E-state index in [9.17, 15) is 13.7 Å². The lowest BCUT2D eigenvalue weighted by molar-refractivity contribution is 0.503. The van der Waals surface area contributed by atoms with Crippen LogP contribution in [-0.2, 0) is 16.4 Å². The average Bonchev–Trinajstić information content (AvgIpc) is 2.74. The van der Waals surface area contributed by atoms with E-state index in [1.807, 2.05) is 18.2 Å². The topological polar surface area (TPSA) is 70.0 Å². The van der Waals surface area contributed by atoms with Gasteiger partial charge in [0.25, 0.3) is 0 Å². The highest BCUT2D eigenvalue weighted by Gasteiger charge is 2.27. The molecule has 3 aromatic rings. The lowest BCUT2D eigenvalue weighted by Gasteiger charge is -2.26. The molecule has 0 aliphatic carbocycles. The van der Waals surface area contributed by atoms with Crippen LogP contribution in [0.5, 0.6) is 0 Å². The number of sulfonamides is 1. The molecule has 0 aliphatic rings. The molecule has 0 spiro atoms. The van der Waals surface area contributed by atoms with E-state index >= 15 is 0 Å². The van der Waals surface area contributed by atoms with Crippen LogP contribution in [0.2, 0.25) is 15.1 Å². The molecule has 0 aliphatic heterocycles. The minimum absolute atomic E-state index is 0.0791. The lowest BCUT2D eigenvalue weighted by atomic mass is 9.86. The molecule has 0 aromatic heterocycles. The van der Waals surface area contributed by atoms with Gasteiger partial charge in [0.15, 0.2) is 0 Å². The molecule has 3 rings (SSSR count). The number of hydrogen-bond acceptors (Lipinski definition) is 3. The fraction of sp³-hybridized carbons (Fsp3) is 0.174. The fourth-order valence-electron chi connectivity index (χ4n) is 3.37. The van der Waals surface area contributed by atoms with Crippen LogP contribution in [0.4, 0.5) is 0 Å². The fourth-order valence-corrected chi connectivity index (χ4v) is 5.54. The van der Waals surface area contributed by atoms with Crippen molar-refractivity contribution in [1.82, 2.24) is 4.72 Å². The van der Waals surface area contributed by atoms with Gasteiger partial charge in [0.1, 0.15) is 4.90 Å². The Morgan fingerprint density at radius 2 is 1.65 bits per heavy atom. The Labute approximate surface area is 197 Å². The standard InChI is InChI=1S/C23H19Cl3N2O2S/c1-15(28-31(29,30)23-13-20(25)9-10-22(23)26)21(12-16-5-7-19(24)8-6-16)18-4-2-3-17(11-18)14-27/h2-11,13,15,21,28H,12H2,1H3/t15-,21+/m0/s1. The Morgan fingerprint density at radius 1 is 0.968 bits per heavy atom. The summed E-state index contributed by atoms with van der Waals surface area (Å²) in [5.41, 5.74) is 2.34. The molecule has 8 heteroatoms. The third-order valence-electron chi connectivity index (χ3n) is 4.94. The van der Waals surface area contributed by atoms with Gasteiger partial charge >= 0.3 is 0 Å². The van der Waals surface area contributed by atoms with Gasteiger partial charge in [-0.15, -0.1) is 0 Å². The molecule has 1 N–H and O–H groups in total. The molecule has 0 bridgehead atoms. The normalized spacial score (nSPS) is 13.4. The second-order valence-electron chi connectivity index (χ2n) is 7.16. The van der Waals surface area contributed by atoms with Gasteiger partial charge in [-0.1, -0.05) is 59.1 Å². The quantitative estimate of drug-likeness (QED) is 0.425. The van der Waals surface area contributed by atoms with E-state index < -0.39 is 16.1 Å². The summed E-state index contributed by atoms with van der Waals surface area (Å²) in [5.74, 6) is -0.248. The molecule has 0 unspecified atom stereocenters. The summed E-state index contributed by atoms with van der Waals surface area (Å²) in [5, 5.41) is 10.3. The maximum absolute atomic E-state index is 13.0. The van der Waals surface area contributed by atoms with Crippen LogP contribution >= 0.6 is 34.8 Å². The first-order chi connectivity index (χ1) is 14.7. The van der Waals surface area contributed by atoms with Crippen molar-refractivity contribution in [3.05, 3.63) is 98.5 Å². The zero-order valence-electron chi connectivity index (χ0n) is 16.5. The van der Waals surface area contributed by atoms with E-state index in [0.717, 1.165) is 11.1 Å². The van der Waals surface area contributed by atoms with Gasteiger partial charge in [0, 0.05) is 22.0 Å². The van der Waals surface area contributed by atoms with Crippen molar-refractivity contribution in [2.75, 3.05) is 0 Å². The van der Waals surface area contributed by atoms with Gasteiger partial charge in [-0.2, -0.15) is 5.26 Å². The first-order valence-corrected chi connectivity index (χ1v) is 12.0. The number of nitrogens with zero attached hydrogens (tertiary/aromatic N) is 1. The maximum atomic E-state index is 13.0. The number of halogens is 3. The Kier molecular flexibility index (Phi) is 7.64. The Bertz CT molecular complexity index is 1220. The third-order valence-corrected chi connectivity index (χ3v) is 7.47. The molecule has 2 atom stereocenters. The van der Waals surface area contributed by atoms with E-state index in [1.165, 1.54) is 18.2 Å². The molecule has 0 saturated carbocycles. The summed E-state index contributed by atoms with van der Waals surface area (Å²) < 4.78 is 28.8. The monoisotopic (exact) mass is 492 g/mol. The number of nitrogens with one attached hydrogen (secondary N) is 1. The van der Waals surface area contributed by atoms with Crippen LogP contribution in [0, 0.1) is 11.3 Å². The van der Waals surface area contributed by atoms with Crippen molar-refractivity contribution in [2.24, 2.45) is 0 Å². The van der Waals surface area contributed by atoms with Gasteiger partial charge in [-0.05, 0) is 66.9 Å². The van der Waals surface area contributed by atoms with E-state index in [-0.39, 0.29) is 20.9 Å². The highest BCUT2D eigenvalue weighted by atomic mass is 35.5. The molecule has 0 heterocycles. The van der Waals surface area contributed by atoms with Gasteiger partial charge in [-0.3, -0.25) is 0 Å². The Balaban J connectivity index is 1.96. The predicted molar refractivity (Wildman–Crippen MR) is 125 cm³/mol. The zero-order valence-corrected chi connectivity index (χ0v) is 19.6. The van der Waals surface area contributed by atoms with Crippen molar-refractivity contribution in [2.45, 2.75) is 30.2 Å². The summed E-state index contributed by atoms with van der Waals surface area (Å²) in [6, 6.07) is 20.5. The van der Waals surface area contributed by atoms with Gasteiger partial charge in [0.2, 0.25) is 10.0 Å².